The average Bonchev–Trinajstić information content (AvgIpc) is 2.76. The molecule has 0 unspecified atom stereocenters. The van der Waals surface area contributed by atoms with E-state index in [4.69, 9.17) is 4.42 Å². The minimum Gasteiger partial charge on any atom is -0.463 e. The molecule has 0 aliphatic rings. The van der Waals surface area contributed by atoms with Crippen molar-refractivity contribution in [2.24, 2.45) is 0 Å². The van der Waals surface area contributed by atoms with E-state index in [-0.39, 0.29) is 0 Å². The SMILES string of the molecule is CNCc1ccc(CN(C)c2ccc(C)cc2C)o1. The van der Waals surface area contributed by atoms with Gasteiger partial charge in [0.05, 0.1) is 13.1 Å². The largest absolute Gasteiger partial charge is 0.463 e. The molecule has 2 rings (SSSR count). The third kappa shape index (κ3) is 3.38. The molecule has 0 saturated heterocycles. The lowest BCUT2D eigenvalue weighted by Crippen LogP contribution is -2.17. The van der Waals surface area contributed by atoms with E-state index in [0.717, 1.165) is 24.6 Å². The summed E-state index contributed by atoms with van der Waals surface area (Å²) in [5.74, 6) is 1.97. The molecule has 0 spiro atoms. The van der Waals surface area contributed by atoms with Crippen molar-refractivity contribution in [3.8, 4) is 0 Å². The maximum absolute atomic E-state index is 5.78. The fraction of sp³-hybridized carbons (Fsp3) is 0.375. The molecule has 1 N–H and O–H groups in total. The number of nitrogens with zero attached hydrogens (tertiary/aromatic N) is 1. The lowest BCUT2D eigenvalue weighted by Gasteiger charge is -2.20. The summed E-state index contributed by atoms with van der Waals surface area (Å²) in [7, 11) is 4.02. The summed E-state index contributed by atoms with van der Waals surface area (Å²) < 4.78 is 5.78. The van der Waals surface area contributed by atoms with Gasteiger partial charge in [0.25, 0.3) is 0 Å². The first-order chi connectivity index (χ1) is 9.10. The van der Waals surface area contributed by atoms with Crippen LogP contribution < -0.4 is 10.2 Å². The van der Waals surface area contributed by atoms with Crippen molar-refractivity contribution in [2.45, 2.75) is 26.9 Å². The molecule has 0 radical (unpaired) electrons. The molecule has 0 fully saturated rings. The van der Waals surface area contributed by atoms with Crippen LogP contribution in [0.5, 0.6) is 0 Å². The van der Waals surface area contributed by atoms with Gasteiger partial charge in [0.15, 0.2) is 0 Å². The van der Waals surface area contributed by atoms with E-state index in [9.17, 15) is 0 Å². The number of rotatable bonds is 5. The Kier molecular flexibility index (Phi) is 4.27. The van der Waals surface area contributed by atoms with Crippen LogP contribution in [0, 0.1) is 13.8 Å². The highest BCUT2D eigenvalue weighted by molar-refractivity contribution is 5.53. The Morgan fingerprint density at radius 3 is 2.53 bits per heavy atom. The molecule has 0 atom stereocenters. The fourth-order valence-electron chi connectivity index (χ4n) is 2.33. The first-order valence-electron chi connectivity index (χ1n) is 6.60. The Bertz CT molecular complexity index is 545. The van der Waals surface area contributed by atoms with E-state index in [0.29, 0.717) is 0 Å². The number of hydrogen-bond acceptors (Lipinski definition) is 3. The van der Waals surface area contributed by atoms with Crippen LogP contribution in [0.2, 0.25) is 0 Å². The number of hydrogen-bond donors (Lipinski definition) is 1. The zero-order valence-corrected chi connectivity index (χ0v) is 12.2. The zero-order valence-electron chi connectivity index (χ0n) is 12.2. The summed E-state index contributed by atoms with van der Waals surface area (Å²) in [4.78, 5) is 2.22. The summed E-state index contributed by atoms with van der Waals surface area (Å²) >= 11 is 0. The molecule has 0 bridgehead atoms. The zero-order chi connectivity index (χ0) is 13.8. The van der Waals surface area contributed by atoms with Crippen molar-refractivity contribution in [3.05, 3.63) is 53.0 Å². The van der Waals surface area contributed by atoms with Gasteiger partial charge in [0.1, 0.15) is 11.5 Å². The molecular formula is C16H22N2O. The van der Waals surface area contributed by atoms with E-state index >= 15 is 0 Å². The van der Waals surface area contributed by atoms with Gasteiger partial charge in [-0.05, 0) is 44.7 Å². The van der Waals surface area contributed by atoms with Crippen LogP contribution in [0.15, 0.2) is 34.7 Å². The summed E-state index contributed by atoms with van der Waals surface area (Å²) in [6.07, 6.45) is 0. The monoisotopic (exact) mass is 258 g/mol. The molecule has 1 aromatic heterocycles. The predicted molar refractivity (Wildman–Crippen MR) is 79.5 cm³/mol. The molecule has 1 heterocycles. The van der Waals surface area contributed by atoms with Gasteiger partial charge >= 0.3 is 0 Å². The summed E-state index contributed by atoms with van der Waals surface area (Å²) in [5.41, 5.74) is 3.84. The molecule has 0 aliphatic heterocycles. The second-order valence-electron chi connectivity index (χ2n) is 5.04. The van der Waals surface area contributed by atoms with Crippen LogP contribution in [-0.2, 0) is 13.1 Å². The lowest BCUT2D eigenvalue weighted by molar-refractivity contribution is 0.453. The van der Waals surface area contributed by atoms with Crippen LogP contribution in [0.1, 0.15) is 22.6 Å². The lowest BCUT2D eigenvalue weighted by atomic mass is 10.1. The van der Waals surface area contributed by atoms with Gasteiger partial charge in [0.2, 0.25) is 0 Å². The molecule has 2 aromatic rings. The quantitative estimate of drug-likeness (QED) is 0.892. The van der Waals surface area contributed by atoms with Gasteiger partial charge < -0.3 is 14.6 Å². The van der Waals surface area contributed by atoms with Crippen LogP contribution in [-0.4, -0.2) is 14.1 Å². The minimum atomic E-state index is 0.771. The van der Waals surface area contributed by atoms with Crippen LogP contribution in [0.3, 0.4) is 0 Å². The molecule has 102 valence electrons. The second kappa shape index (κ2) is 5.93. The standard InChI is InChI=1S/C16H22N2O/c1-12-5-8-16(13(2)9-12)18(4)11-15-7-6-14(19-15)10-17-3/h5-9,17H,10-11H2,1-4H3. The number of nitrogens with one attached hydrogen (secondary N) is 1. The van der Waals surface area contributed by atoms with Crippen LogP contribution >= 0.6 is 0 Å². The van der Waals surface area contributed by atoms with Gasteiger partial charge in [-0.3, -0.25) is 0 Å². The van der Waals surface area contributed by atoms with E-state index in [1.54, 1.807) is 0 Å². The van der Waals surface area contributed by atoms with Gasteiger partial charge in [-0.1, -0.05) is 17.7 Å². The predicted octanol–water partition coefficient (Wildman–Crippen LogP) is 3.25. The van der Waals surface area contributed by atoms with Crippen LogP contribution in [0.25, 0.3) is 0 Å². The highest BCUT2D eigenvalue weighted by Crippen LogP contribution is 2.22. The molecule has 1 aromatic carbocycles. The van der Waals surface area contributed by atoms with Gasteiger partial charge in [-0.25, -0.2) is 0 Å². The summed E-state index contributed by atoms with van der Waals surface area (Å²) in [6.45, 7) is 5.82. The molecule has 3 heteroatoms. The minimum absolute atomic E-state index is 0.771. The first-order valence-corrected chi connectivity index (χ1v) is 6.60. The van der Waals surface area contributed by atoms with E-state index < -0.39 is 0 Å². The van der Waals surface area contributed by atoms with Crippen molar-refractivity contribution in [1.82, 2.24) is 5.32 Å². The molecular weight excluding hydrogens is 236 g/mol. The number of aryl methyl sites for hydroxylation is 2. The molecule has 0 aliphatic carbocycles. The Labute approximate surface area is 115 Å². The topological polar surface area (TPSA) is 28.4 Å². The van der Waals surface area contributed by atoms with Gasteiger partial charge in [-0.2, -0.15) is 0 Å². The highest BCUT2D eigenvalue weighted by atomic mass is 16.3. The van der Waals surface area contributed by atoms with Crippen LogP contribution in [0.4, 0.5) is 5.69 Å². The summed E-state index contributed by atoms with van der Waals surface area (Å²) in [6, 6.07) is 10.6. The van der Waals surface area contributed by atoms with Crippen molar-refractivity contribution in [3.63, 3.8) is 0 Å². The first kappa shape index (κ1) is 13.7. The Hall–Kier alpha value is -1.74. The molecule has 0 amide bonds. The third-order valence-corrected chi connectivity index (χ3v) is 3.22. The fourth-order valence-corrected chi connectivity index (χ4v) is 2.33. The summed E-state index contributed by atoms with van der Waals surface area (Å²) in [5, 5.41) is 3.09. The highest BCUT2D eigenvalue weighted by Gasteiger charge is 2.08. The van der Waals surface area contributed by atoms with Gasteiger partial charge in [0, 0.05) is 12.7 Å². The Morgan fingerprint density at radius 1 is 1.11 bits per heavy atom. The average molecular weight is 258 g/mol. The van der Waals surface area contributed by atoms with Crippen molar-refractivity contribution < 1.29 is 4.42 Å². The third-order valence-electron chi connectivity index (χ3n) is 3.22. The van der Waals surface area contributed by atoms with Crippen molar-refractivity contribution >= 4 is 5.69 Å². The molecule has 3 nitrogen and oxygen atoms in total. The van der Waals surface area contributed by atoms with Crippen molar-refractivity contribution in [1.29, 1.82) is 0 Å². The number of anilines is 1. The number of benzene rings is 1. The maximum atomic E-state index is 5.78. The van der Waals surface area contributed by atoms with E-state index in [1.165, 1.54) is 16.8 Å². The van der Waals surface area contributed by atoms with Gasteiger partial charge in [-0.15, -0.1) is 0 Å². The smallest absolute Gasteiger partial charge is 0.123 e. The van der Waals surface area contributed by atoms with Crippen molar-refractivity contribution in [2.75, 3.05) is 19.0 Å². The number of furan rings is 1. The van der Waals surface area contributed by atoms with E-state index in [1.807, 2.05) is 19.2 Å². The maximum Gasteiger partial charge on any atom is 0.123 e. The molecule has 19 heavy (non-hydrogen) atoms. The normalized spacial score (nSPS) is 10.7. The second-order valence-corrected chi connectivity index (χ2v) is 5.04. The Balaban J connectivity index is 2.09. The van der Waals surface area contributed by atoms with E-state index in [2.05, 4.69) is 49.3 Å². The molecule has 0 saturated carbocycles. The Morgan fingerprint density at radius 2 is 1.84 bits per heavy atom.